The van der Waals surface area contributed by atoms with Crippen molar-refractivity contribution in [2.45, 2.75) is 138 Å². The van der Waals surface area contributed by atoms with E-state index >= 15 is 0 Å². The van der Waals surface area contributed by atoms with Gasteiger partial charge in [0.2, 0.25) is 0 Å². The van der Waals surface area contributed by atoms with Gasteiger partial charge in [0.05, 0.1) is 0 Å². The van der Waals surface area contributed by atoms with E-state index in [2.05, 4.69) is 34.3 Å². The SMILES string of the molecule is C=CC1=C(C)/C2=C/c3c(C(O)CCCC(C)CCCC(C)CCCC(C)C)c(C)c4[n]3[Fe]([Cl])[n]3/c(c(C)c(CCC(=O)O)/c3=C/C3=NC(=C\4)/C(C=O)=C3CCC(=O)O)=C\C1=N2. The van der Waals surface area contributed by atoms with Crippen LogP contribution in [0, 0.1) is 31.6 Å². The number of carboxylic acids is 2. The molecule has 0 fully saturated rings. The molecule has 0 saturated carbocycles. The topological polar surface area (TPSA) is 146 Å². The number of carboxylic acid groups (broad SMARTS) is 2. The van der Waals surface area contributed by atoms with Crippen molar-refractivity contribution in [2.24, 2.45) is 27.7 Å². The summed E-state index contributed by atoms with van der Waals surface area (Å²) >= 11 is -2.14. The Bertz CT molecular complexity index is 2440. The van der Waals surface area contributed by atoms with E-state index in [4.69, 9.17) is 20.1 Å². The second kappa shape index (κ2) is 19.8. The number of fused-ring (bicyclic) bond motifs is 2. The van der Waals surface area contributed by atoms with Gasteiger partial charge in [-0.25, -0.2) is 0 Å². The van der Waals surface area contributed by atoms with Gasteiger partial charge in [-0.05, 0) is 5.92 Å². The summed E-state index contributed by atoms with van der Waals surface area (Å²) in [6.45, 7) is 19.3. The van der Waals surface area contributed by atoms with E-state index in [0.29, 0.717) is 57.3 Å². The second-order valence-corrected chi connectivity index (χ2v) is 20.3. The van der Waals surface area contributed by atoms with Crippen LogP contribution in [0.25, 0.3) is 24.3 Å². The van der Waals surface area contributed by atoms with Crippen LogP contribution in [0.15, 0.2) is 56.3 Å². The zero-order valence-corrected chi connectivity index (χ0v) is 38.6. The van der Waals surface area contributed by atoms with Gasteiger partial charge in [0.15, 0.2) is 0 Å². The van der Waals surface area contributed by atoms with Gasteiger partial charge in [0.25, 0.3) is 0 Å². The van der Waals surface area contributed by atoms with E-state index in [1.54, 1.807) is 6.08 Å². The number of carbonyl (C=O) groups is 3. The molecule has 61 heavy (non-hydrogen) atoms. The summed E-state index contributed by atoms with van der Waals surface area (Å²) in [6.07, 6.45) is 19.1. The van der Waals surface area contributed by atoms with Crippen LogP contribution in [0.5, 0.6) is 0 Å². The molecule has 0 radical (unpaired) electrons. The number of carbonyl (C=O) groups excluding carboxylic acids is 1. The van der Waals surface area contributed by atoms with Crippen LogP contribution in [0.2, 0.25) is 0 Å². The van der Waals surface area contributed by atoms with Gasteiger partial charge in [0.1, 0.15) is 0 Å². The van der Waals surface area contributed by atoms with Gasteiger partial charge in [-0.1, -0.05) is 40.0 Å². The van der Waals surface area contributed by atoms with Crippen LogP contribution in [-0.4, -0.2) is 52.1 Å². The normalized spacial score (nSPS) is 20.4. The van der Waals surface area contributed by atoms with Crippen molar-refractivity contribution in [3.8, 4) is 0 Å². The molecule has 4 aliphatic rings. The van der Waals surface area contributed by atoms with E-state index in [-0.39, 0.29) is 25.7 Å². The van der Waals surface area contributed by atoms with Crippen molar-refractivity contribution >= 4 is 64.1 Å². The van der Waals surface area contributed by atoms with Crippen LogP contribution >= 0.6 is 10.1 Å². The Balaban J connectivity index is 1.49. The Morgan fingerprint density at radius 2 is 1.33 bits per heavy atom. The molecular weight excluding hydrogens is 832 g/mol. The number of aliphatic carboxylic acids is 2. The number of aliphatic hydroxyl groups is 1. The van der Waals surface area contributed by atoms with E-state index < -0.39 is 31.5 Å². The van der Waals surface area contributed by atoms with Crippen molar-refractivity contribution in [3.63, 3.8) is 0 Å². The molecule has 3 unspecified atom stereocenters. The number of hydrogen-bond acceptors (Lipinski definition) is 6. The quantitative estimate of drug-likeness (QED) is 0.0841. The minimum atomic E-state index is -2.14. The maximum absolute atomic E-state index is 13.0. The average Bonchev–Trinajstić information content (AvgIpc) is 3.85. The molecule has 0 saturated heterocycles. The number of aliphatic hydroxyl groups excluding tert-OH is 1. The number of aliphatic imine (C=N–C) groups is 2. The molecule has 4 aliphatic heterocycles. The fourth-order valence-electron chi connectivity index (χ4n) is 9.18. The van der Waals surface area contributed by atoms with Crippen molar-refractivity contribution in [2.75, 3.05) is 0 Å². The van der Waals surface area contributed by atoms with Gasteiger partial charge in [-0.2, -0.15) is 0 Å². The van der Waals surface area contributed by atoms with Gasteiger partial charge in [-0.3, -0.25) is 0 Å². The summed E-state index contributed by atoms with van der Waals surface area (Å²) in [6, 6.07) is 0. The first-order valence-electron chi connectivity index (χ1n) is 21.8. The summed E-state index contributed by atoms with van der Waals surface area (Å²) in [5.41, 5.74) is 9.29. The molecule has 6 heterocycles. The summed E-state index contributed by atoms with van der Waals surface area (Å²) in [4.78, 5) is 47.0. The zero-order chi connectivity index (χ0) is 44.3. The molecule has 3 atom stereocenters. The zero-order valence-electron chi connectivity index (χ0n) is 36.8. The van der Waals surface area contributed by atoms with Crippen LogP contribution in [0.1, 0.15) is 151 Å². The molecule has 3 N–H and O–H groups in total. The second-order valence-electron chi connectivity index (χ2n) is 17.7. The summed E-state index contributed by atoms with van der Waals surface area (Å²) in [5.74, 6) is 0.0690. The van der Waals surface area contributed by atoms with Crippen molar-refractivity contribution in [3.05, 3.63) is 90.7 Å². The molecule has 329 valence electrons. The third kappa shape index (κ3) is 9.86. The molecule has 10 nitrogen and oxygen atoms in total. The number of aldehydes is 1. The number of rotatable bonds is 21. The molecule has 0 aliphatic carbocycles. The molecule has 2 aromatic rings. The predicted molar refractivity (Wildman–Crippen MR) is 242 cm³/mol. The van der Waals surface area contributed by atoms with Crippen molar-refractivity contribution < 1.29 is 43.1 Å². The molecular formula is C49H62ClFeN4O6. The molecule has 0 aromatic carbocycles. The molecule has 6 rings (SSSR count). The first-order valence-corrected chi connectivity index (χ1v) is 24.4. The van der Waals surface area contributed by atoms with Crippen LogP contribution in [-0.2, 0) is 34.2 Å². The number of hydrogen-bond donors (Lipinski definition) is 3. The summed E-state index contributed by atoms with van der Waals surface area (Å²) in [5, 5.41) is 33.3. The summed E-state index contributed by atoms with van der Waals surface area (Å²) in [7, 11) is 7.91. The number of nitrogens with zero attached hydrogens (tertiary/aromatic N) is 4. The fraction of sp³-hybridized carbons (Fsp3) is 0.490. The Kier molecular flexibility index (Phi) is 15.0. The standard InChI is InChI=1S/C49H64N4O6.ClH.Fe/c1-9-34-31(6)39-25-45-49(46(55)18-12-17-30(5)16-11-15-29(4)14-10-13-28(2)3)33(8)40(52-45)24-44-37(27-54)36(20-22-48(58)59)43(53-44)26-42-35(19-21-47(56)57)32(7)38(51-42)23-41(34)50-39;;/h9,23-30,46,55H,1,10-22H2,2-8H3,(H4,50,51,52,53,54,56,57,58,59);1H;/q;;+3/p-3/b38-23-,39-25-,40-24?,41-23?,42-26-,43-26?,44-24-,45-25?;;. The first-order chi connectivity index (χ1) is 29.1. The Labute approximate surface area is 369 Å². The molecule has 6 bridgehead atoms. The third-order valence-electron chi connectivity index (χ3n) is 12.7. The van der Waals surface area contributed by atoms with E-state index in [1.165, 1.54) is 32.1 Å². The predicted octanol–water partition coefficient (Wildman–Crippen LogP) is 9.44. The Morgan fingerprint density at radius 1 is 0.754 bits per heavy atom. The van der Waals surface area contributed by atoms with E-state index in [1.807, 2.05) is 52.2 Å². The van der Waals surface area contributed by atoms with E-state index in [0.717, 1.165) is 81.8 Å². The Hall–Kier alpha value is -4.28. The third-order valence-corrected chi connectivity index (χ3v) is 15.6. The van der Waals surface area contributed by atoms with Gasteiger partial charge in [-0.15, -0.1) is 0 Å². The maximum atomic E-state index is 13.0. The minimum absolute atomic E-state index is 0.0665. The van der Waals surface area contributed by atoms with Gasteiger partial charge >= 0.3 is 325 Å². The van der Waals surface area contributed by atoms with Crippen LogP contribution in [0.3, 0.4) is 0 Å². The fourth-order valence-corrected chi connectivity index (χ4v) is 12.3. The van der Waals surface area contributed by atoms with Crippen LogP contribution in [0.4, 0.5) is 0 Å². The van der Waals surface area contributed by atoms with Crippen molar-refractivity contribution in [1.29, 1.82) is 0 Å². The van der Waals surface area contributed by atoms with Gasteiger partial charge in [0, 0.05) is 0 Å². The van der Waals surface area contributed by atoms with Gasteiger partial charge < -0.3 is 0 Å². The molecule has 12 heteroatoms. The number of halogens is 1. The molecule has 2 aromatic heterocycles. The number of allylic oxidation sites excluding steroid dienone is 5. The molecule has 0 amide bonds. The first kappa shape index (κ1) is 46.2. The Morgan fingerprint density at radius 3 is 1.93 bits per heavy atom. The van der Waals surface area contributed by atoms with Crippen LogP contribution < -0.4 is 10.7 Å². The molecule has 0 spiro atoms. The van der Waals surface area contributed by atoms with E-state index in [9.17, 15) is 29.7 Å². The summed E-state index contributed by atoms with van der Waals surface area (Å²) < 4.78 is 4.09. The van der Waals surface area contributed by atoms with Crippen molar-refractivity contribution in [1.82, 2.24) is 7.17 Å². The number of aromatic nitrogens is 2. The monoisotopic (exact) mass is 893 g/mol. The average molecular weight is 894 g/mol.